The maximum absolute atomic E-state index is 13.6. The summed E-state index contributed by atoms with van der Waals surface area (Å²) in [4.78, 5) is 17.9. The van der Waals surface area contributed by atoms with Crippen molar-refractivity contribution >= 4 is 16.7 Å². The molecule has 2 aliphatic rings. The van der Waals surface area contributed by atoms with Crippen LogP contribution in [0, 0.1) is 5.92 Å². The number of pyridine rings is 1. The van der Waals surface area contributed by atoms with Crippen molar-refractivity contribution in [2.45, 2.75) is 44.7 Å². The number of hydrogen-bond acceptors (Lipinski definition) is 5. The second-order valence-electron chi connectivity index (χ2n) is 11.6. The number of hydrogen-bond donors (Lipinski definition) is 2. The van der Waals surface area contributed by atoms with Gasteiger partial charge in [0, 0.05) is 30.8 Å². The number of aromatic nitrogens is 4. The summed E-state index contributed by atoms with van der Waals surface area (Å²) >= 11 is 0. The highest BCUT2D eigenvalue weighted by Crippen LogP contribution is 2.35. The average Bonchev–Trinajstić information content (AvgIpc) is 3.68. The fourth-order valence-electron chi connectivity index (χ4n) is 6.57. The third kappa shape index (κ3) is 5.91. The van der Waals surface area contributed by atoms with Crippen molar-refractivity contribution in [1.29, 1.82) is 0 Å². The van der Waals surface area contributed by atoms with E-state index in [-0.39, 0.29) is 11.9 Å². The number of carbonyl (C=O) groups excluding carboxylic acids is 1. The van der Waals surface area contributed by atoms with E-state index in [0.29, 0.717) is 18.2 Å². The summed E-state index contributed by atoms with van der Waals surface area (Å²) in [5, 5.41) is 18.9. The summed E-state index contributed by atoms with van der Waals surface area (Å²) in [7, 11) is 0. The Morgan fingerprint density at radius 2 is 1.77 bits per heavy atom. The number of benzene rings is 3. The molecule has 5 aromatic rings. The average molecular weight is 581 g/mol. The number of nitrogens with zero attached hydrogens (tertiary/aromatic N) is 4. The van der Waals surface area contributed by atoms with Gasteiger partial charge < -0.3 is 15.2 Å². The van der Waals surface area contributed by atoms with Gasteiger partial charge in [0.05, 0.1) is 12.6 Å². The summed E-state index contributed by atoms with van der Waals surface area (Å²) in [6.45, 7) is 1.46. The van der Waals surface area contributed by atoms with E-state index < -0.39 is 0 Å². The molecule has 0 fully saturated rings. The molecule has 0 saturated heterocycles. The van der Waals surface area contributed by atoms with Gasteiger partial charge in [0.25, 0.3) is 5.91 Å². The van der Waals surface area contributed by atoms with Crippen molar-refractivity contribution in [1.82, 2.24) is 30.4 Å². The minimum absolute atomic E-state index is 0.204. The number of amides is 1. The van der Waals surface area contributed by atoms with E-state index in [4.69, 9.17) is 10.2 Å². The van der Waals surface area contributed by atoms with Crippen LogP contribution in [-0.4, -0.2) is 32.2 Å². The maximum atomic E-state index is 13.6. The van der Waals surface area contributed by atoms with Gasteiger partial charge in [-0.25, -0.2) is 0 Å². The molecule has 7 heteroatoms. The zero-order valence-corrected chi connectivity index (χ0v) is 24.7. The van der Waals surface area contributed by atoms with Crippen LogP contribution in [0.1, 0.15) is 58.6 Å². The number of aryl methyl sites for hydroxylation is 2. The first kappa shape index (κ1) is 27.8. The fraction of sp³-hybridized carbons (Fsp3) is 0.243. The molecule has 2 atom stereocenters. The molecular weight excluding hydrogens is 544 g/mol. The highest BCUT2D eigenvalue weighted by molar-refractivity contribution is 5.92. The Morgan fingerprint density at radius 3 is 2.66 bits per heavy atom. The molecule has 0 saturated carbocycles. The van der Waals surface area contributed by atoms with Crippen LogP contribution >= 0.6 is 0 Å². The largest absolute Gasteiger partial charge is 0.384 e. The van der Waals surface area contributed by atoms with Crippen molar-refractivity contribution in [2.75, 3.05) is 6.54 Å². The molecule has 1 aliphatic carbocycles. The summed E-state index contributed by atoms with van der Waals surface area (Å²) in [5.74, 6) is 1.79. The van der Waals surface area contributed by atoms with Gasteiger partial charge in [-0.05, 0) is 71.4 Å². The zero-order chi connectivity index (χ0) is 29.7. The van der Waals surface area contributed by atoms with Crippen LogP contribution in [0.4, 0.5) is 0 Å². The summed E-state index contributed by atoms with van der Waals surface area (Å²) in [6.07, 6.45) is 10.5. The molecule has 1 unspecified atom stereocenters. The van der Waals surface area contributed by atoms with Gasteiger partial charge in [0.1, 0.15) is 11.5 Å². The van der Waals surface area contributed by atoms with Crippen LogP contribution in [0.15, 0.2) is 121 Å². The lowest BCUT2D eigenvalue weighted by Gasteiger charge is -2.24. The molecule has 1 amide bonds. The van der Waals surface area contributed by atoms with E-state index in [9.17, 15) is 4.79 Å². The molecule has 7 rings (SSSR count). The topological polar surface area (TPSA) is 84.7 Å². The van der Waals surface area contributed by atoms with Crippen molar-refractivity contribution in [2.24, 2.45) is 5.92 Å². The van der Waals surface area contributed by atoms with Crippen LogP contribution < -0.4 is 10.6 Å². The molecule has 0 radical (unpaired) electrons. The van der Waals surface area contributed by atoms with Gasteiger partial charge in [0.2, 0.25) is 0 Å². The highest BCUT2D eigenvalue weighted by atomic mass is 16.2. The first-order valence-electron chi connectivity index (χ1n) is 15.5. The molecule has 3 aromatic carbocycles. The van der Waals surface area contributed by atoms with Crippen LogP contribution in [0.2, 0.25) is 0 Å². The fourth-order valence-corrected chi connectivity index (χ4v) is 6.57. The zero-order valence-electron chi connectivity index (χ0n) is 24.7. The normalized spacial score (nSPS) is 16.5. The van der Waals surface area contributed by atoms with E-state index in [1.807, 2.05) is 18.2 Å². The Balaban J connectivity index is 1.27. The van der Waals surface area contributed by atoms with E-state index in [1.54, 1.807) is 12.3 Å². The van der Waals surface area contributed by atoms with Gasteiger partial charge in [0.15, 0.2) is 5.82 Å². The Kier molecular flexibility index (Phi) is 8.00. The van der Waals surface area contributed by atoms with E-state index in [2.05, 4.69) is 99.1 Å². The Hall–Kier alpha value is -5.04. The van der Waals surface area contributed by atoms with Crippen LogP contribution in [0.3, 0.4) is 0 Å². The third-order valence-electron chi connectivity index (χ3n) is 8.82. The molecule has 44 heavy (non-hydrogen) atoms. The Morgan fingerprint density at radius 1 is 0.932 bits per heavy atom. The summed E-state index contributed by atoms with van der Waals surface area (Å²) in [5.41, 5.74) is 5.53. The van der Waals surface area contributed by atoms with Gasteiger partial charge in [-0.15, -0.1) is 10.2 Å². The maximum Gasteiger partial charge on any atom is 0.270 e. The van der Waals surface area contributed by atoms with Gasteiger partial charge >= 0.3 is 0 Å². The summed E-state index contributed by atoms with van der Waals surface area (Å²) < 4.78 is 2.24. The predicted octanol–water partition coefficient (Wildman–Crippen LogP) is 6.34. The molecule has 2 N–H and O–H groups in total. The van der Waals surface area contributed by atoms with Gasteiger partial charge in [-0.3, -0.25) is 9.78 Å². The van der Waals surface area contributed by atoms with Crippen molar-refractivity contribution < 1.29 is 4.79 Å². The van der Waals surface area contributed by atoms with Crippen LogP contribution in [0.25, 0.3) is 10.8 Å². The molecule has 2 aromatic heterocycles. The SMILES string of the molecule is O=C(N[C@H](CC1CNC2=C1CCC=C2)c1nnc(CCc2ccccc2)n1Cc1cccc2ccccc12)c1ccccn1. The van der Waals surface area contributed by atoms with Gasteiger partial charge in [-0.1, -0.05) is 84.9 Å². The molecule has 1 aliphatic heterocycles. The molecule has 3 heterocycles. The van der Waals surface area contributed by atoms with Gasteiger partial charge in [-0.2, -0.15) is 0 Å². The molecule has 7 nitrogen and oxygen atoms in total. The first-order valence-corrected chi connectivity index (χ1v) is 15.5. The van der Waals surface area contributed by atoms with Crippen LogP contribution in [-0.2, 0) is 19.4 Å². The quantitative estimate of drug-likeness (QED) is 0.201. The predicted molar refractivity (Wildman–Crippen MR) is 173 cm³/mol. The van der Waals surface area contributed by atoms with E-state index in [0.717, 1.165) is 50.3 Å². The minimum atomic E-state index is -0.345. The lowest BCUT2D eigenvalue weighted by molar-refractivity contribution is 0.0924. The Labute approximate surface area is 257 Å². The molecular formula is C37H36N6O. The van der Waals surface area contributed by atoms with Crippen LogP contribution in [0.5, 0.6) is 0 Å². The number of carbonyl (C=O) groups is 1. The van der Waals surface area contributed by atoms with E-state index >= 15 is 0 Å². The molecule has 0 spiro atoms. The third-order valence-corrected chi connectivity index (χ3v) is 8.82. The number of allylic oxidation sites excluding steroid dienone is 2. The Bertz CT molecular complexity index is 1820. The molecule has 220 valence electrons. The van der Waals surface area contributed by atoms with E-state index in [1.165, 1.54) is 33.2 Å². The smallest absolute Gasteiger partial charge is 0.270 e. The highest BCUT2D eigenvalue weighted by Gasteiger charge is 2.32. The number of rotatable bonds is 10. The number of fused-ring (bicyclic) bond motifs is 1. The second-order valence-corrected chi connectivity index (χ2v) is 11.6. The lowest BCUT2D eigenvalue weighted by atomic mass is 9.88. The van der Waals surface area contributed by atoms with Crippen molar-refractivity contribution in [3.05, 3.63) is 149 Å². The number of nitrogens with one attached hydrogen (secondary N) is 2. The standard InChI is InChI=1S/C37H36N6O/c44-37(33-19-8-9-22-38-33)40-34(23-29-24-39-32-18-7-6-17-31(29)32)36-42-41-35(21-20-26-11-2-1-3-12-26)43(36)25-28-15-10-14-27-13-4-5-16-30(27)28/h1-5,7-16,18-19,22,29,34,39H,6,17,20-21,23-25H2,(H,40,44)/t29?,34-/m1/s1. The van der Waals surface area contributed by atoms with Crippen molar-refractivity contribution in [3.63, 3.8) is 0 Å². The monoisotopic (exact) mass is 580 g/mol. The molecule has 0 bridgehead atoms. The van der Waals surface area contributed by atoms with Crippen molar-refractivity contribution in [3.8, 4) is 0 Å². The summed E-state index contributed by atoms with van der Waals surface area (Å²) in [6, 6.07) is 30.5. The lowest BCUT2D eigenvalue weighted by Crippen LogP contribution is -2.33. The first-order chi connectivity index (χ1) is 21.7. The minimum Gasteiger partial charge on any atom is -0.384 e. The second kappa shape index (κ2) is 12.7.